The zero-order valence-electron chi connectivity index (χ0n) is 19.7. The molecule has 1 saturated heterocycles. The number of thioether (sulfide) groups is 1. The van der Waals surface area contributed by atoms with E-state index in [2.05, 4.69) is 20.6 Å². The van der Waals surface area contributed by atoms with Crippen LogP contribution in [0.25, 0.3) is 0 Å². The topological polar surface area (TPSA) is 208 Å². The van der Waals surface area contributed by atoms with Crippen molar-refractivity contribution in [2.75, 3.05) is 12.4 Å². The van der Waals surface area contributed by atoms with Crippen molar-refractivity contribution < 1.29 is 43.7 Å². The Morgan fingerprint density at radius 1 is 1.18 bits per heavy atom. The van der Waals surface area contributed by atoms with E-state index in [1.165, 1.54) is 18.7 Å². The van der Waals surface area contributed by atoms with Crippen molar-refractivity contribution in [3.63, 3.8) is 0 Å². The number of benzene rings is 1. The van der Waals surface area contributed by atoms with Gasteiger partial charge in [0.2, 0.25) is 5.91 Å². The molecule has 5 N–H and O–H groups in total. The number of carbonyl (C=O) groups is 6. The molecule has 3 atom stereocenters. The van der Waals surface area contributed by atoms with Crippen LogP contribution in [0.2, 0.25) is 0 Å². The van der Waals surface area contributed by atoms with Crippen LogP contribution in [0, 0.1) is 0 Å². The molecule has 4 rings (SSSR count). The van der Waals surface area contributed by atoms with Gasteiger partial charge in [-0.2, -0.15) is 0 Å². The van der Waals surface area contributed by atoms with Crippen LogP contribution < -0.4 is 10.6 Å². The second-order valence-electron chi connectivity index (χ2n) is 8.18. The molecule has 0 aliphatic carbocycles. The first-order valence-corrected chi connectivity index (χ1v) is 12.1. The van der Waals surface area contributed by atoms with Crippen LogP contribution in [-0.2, 0) is 23.9 Å². The lowest BCUT2D eigenvalue weighted by atomic mass is 10.0. The smallest absolute Gasteiger partial charge is 0.356 e. The average molecular weight is 544 g/mol. The number of ether oxygens (including phenoxy) is 1. The fourth-order valence-electron chi connectivity index (χ4n) is 4.00. The van der Waals surface area contributed by atoms with Gasteiger partial charge < -0.3 is 30.6 Å². The molecule has 3 heterocycles. The summed E-state index contributed by atoms with van der Waals surface area (Å²) in [6.07, 6.45) is 1.03. The highest BCUT2D eigenvalue weighted by Gasteiger charge is 2.54. The van der Waals surface area contributed by atoms with Gasteiger partial charge in [0.1, 0.15) is 35.5 Å². The lowest BCUT2D eigenvalue weighted by Crippen LogP contribution is -2.71. The summed E-state index contributed by atoms with van der Waals surface area (Å²) < 4.78 is 4.90. The van der Waals surface area contributed by atoms with E-state index < -0.39 is 58.8 Å². The molecule has 0 saturated carbocycles. The number of aromatic nitrogens is 2. The first kappa shape index (κ1) is 26.4. The second-order valence-corrected chi connectivity index (χ2v) is 9.29. The highest BCUT2D eigenvalue weighted by atomic mass is 32.2. The third-order valence-corrected chi connectivity index (χ3v) is 7.08. The first-order valence-electron chi connectivity index (χ1n) is 11.1. The Labute approximate surface area is 218 Å². The fourth-order valence-corrected chi connectivity index (χ4v) is 5.33. The van der Waals surface area contributed by atoms with Gasteiger partial charge in [0, 0.05) is 18.2 Å². The molecule has 38 heavy (non-hydrogen) atoms. The standard InChI is InChI=1S/C23H21N5O9S/c1-10(29)37-7-12-8-38-21-16(20(32)28(21)17(12)23(35)36)27-18(30)13(11-5-3-2-4-6-11)26-19(31)14-15(22(33)34)25-9-24-14/h2-6,9,13,16,21H,7-8H2,1H3,(H,24,25)(H,26,31)(H,27,30)(H,33,34)(H,35,36)/t13?,16-,21+/m0/s1. The number of aromatic amines is 1. The lowest BCUT2D eigenvalue weighted by Gasteiger charge is -2.49. The summed E-state index contributed by atoms with van der Waals surface area (Å²) in [5.41, 5.74) is -0.606. The molecule has 0 bridgehead atoms. The molecular weight excluding hydrogens is 522 g/mol. The largest absolute Gasteiger partial charge is 0.477 e. The number of H-pyrrole nitrogens is 1. The van der Waals surface area contributed by atoms with Crippen LogP contribution in [0.3, 0.4) is 0 Å². The number of hydrogen-bond donors (Lipinski definition) is 5. The van der Waals surface area contributed by atoms with E-state index in [1.807, 2.05) is 0 Å². The molecule has 1 unspecified atom stereocenters. The van der Waals surface area contributed by atoms with E-state index >= 15 is 0 Å². The van der Waals surface area contributed by atoms with Gasteiger partial charge in [-0.1, -0.05) is 30.3 Å². The number of fused-ring (bicyclic) bond motifs is 1. The molecule has 1 aromatic heterocycles. The predicted molar refractivity (Wildman–Crippen MR) is 129 cm³/mol. The summed E-state index contributed by atoms with van der Waals surface area (Å²) in [6.45, 7) is 0.891. The van der Waals surface area contributed by atoms with Crippen LogP contribution in [0.15, 0.2) is 47.9 Å². The molecular formula is C23H21N5O9S. The van der Waals surface area contributed by atoms with Gasteiger partial charge in [-0.15, -0.1) is 11.8 Å². The molecule has 198 valence electrons. The zero-order chi connectivity index (χ0) is 27.6. The molecule has 1 aromatic carbocycles. The van der Waals surface area contributed by atoms with Gasteiger partial charge in [0.05, 0.1) is 6.33 Å². The maximum absolute atomic E-state index is 13.3. The minimum Gasteiger partial charge on any atom is -0.477 e. The molecule has 15 heteroatoms. The summed E-state index contributed by atoms with van der Waals surface area (Å²) in [4.78, 5) is 80.5. The third kappa shape index (κ3) is 5.08. The van der Waals surface area contributed by atoms with Crippen molar-refractivity contribution in [3.05, 3.63) is 64.9 Å². The zero-order valence-corrected chi connectivity index (χ0v) is 20.5. The fraction of sp³-hybridized carbons (Fsp3) is 0.261. The van der Waals surface area contributed by atoms with Gasteiger partial charge >= 0.3 is 17.9 Å². The predicted octanol–water partition coefficient (Wildman–Crippen LogP) is -0.119. The van der Waals surface area contributed by atoms with Crippen LogP contribution in [0.4, 0.5) is 0 Å². The van der Waals surface area contributed by atoms with Crippen molar-refractivity contribution in [2.24, 2.45) is 0 Å². The van der Waals surface area contributed by atoms with Crippen molar-refractivity contribution in [1.29, 1.82) is 0 Å². The van der Waals surface area contributed by atoms with Gasteiger partial charge in [-0.25, -0.2) is 14.6 Å². The minimum absolute atomic E-state index is 0.145. The number of imidazole rings is 1. The van der Waals surface area contributed by atoms with Gasteiger partial charge in [-0.3, -0.25) is 24.1 Å². The number of carboxylic acid groups (broad SMARTS) is 2. The number of nitrogens with zero attached hydrogens (tertiary/aromatic N) is 2. The molecule has 3 amide bonds. The Bertz CT molecular complexity index is 1360. The number of rotatable bonds is 9. The monoisotopic (exact) mass is 543 g/mol. The second kappa shape index (κ2) is 10.8. The Morgan fingerprint density at radius 3 is 2.53 bits per heavy atom. The number of hydrogen-bond acceptors (Lipinski definition) is 9. The maximum atomic E-state index is 13.3. The molecule has 2 aromatic rings. The molecule has 2 aliphatic rings. The van der Waals surface area contributed by atoms with E-state index in [4.69, 9.17) is 4.74 Å². The Kier molecular flexibility index (Phi) is 7.47. The minimum atomic E-state index is -1.44. The van der Waals surface area contributed by atoms with Crippen molar-refractivity contribution >= 4 is 47.4 Å². The summed E-state index contributed by atoms with van der Waals surface area (Å²) in [6, 6.07) is 5.65. The number of aliphatic carboxylic acids is 1. The molecule has 0 spiro atoms. The summed E-state index contributed by atoms with van der Waals surface area (Å²) in [5, 5.41) is 23.2. The normalized spacial score (nSPS) is 19.1. The number of aromatic carboxylic acids is 1. The number of esters is 1. The quantitative estimate of drug-likeness (QED) is 0.208. The number of amides is 3. The van der Waals surface area contributed by atoms with Crippen LogP contribution >= 0.6 is 11.8 Å². The van der Waals surface area contributed by atoms with Crippen LogP contribution in [0.1, 0.15) is 39.5 Å². The first-order chi connectivity index (χ1) is 18.1. The molecule has 14 nitrogen and oxygen atoms in total. The lowest BCUT2D eigenvalue weighted by molar-refractivity contribution is -0.151. The van der Waals surface area contributed by atoms with E-state index in [9.17, 15) is 39.0 Å². The molecule has 2 aliphatic heterocycles. The Morgan fingerprint density at radius 2 is 1.89 bits per heavy atom. The Balaban J connectivity index is 1.54. The summed E-state index contributed by atoms with van der Waals surface area (Å²) in [7, 11) is 0. The van der Waals surface area contributed by atoms with Crippen LogP contribution in [0.5, 0.6) is 0 Å². The summed E-state index contributed by atoms with van der Waals surface area (Å²) >= 11 is 1.18. The highest BCUT2D eigenvalue weighted by molar-refractivity contribution is 8.00. The van der Waals surface area contributed by atoms with E-state index in [0.717, 1.165) is 11.2 Å². The van der Waals surface area contributed by atoms with Gasteiger partial charge in [0.25, 0.3) is 11.8 Å². The van der Waals surface area contributed by atoms with Crippen molar-refractivity contribution in [2.45, 2.75) is 24.4 Å². The number of β-lactam (4-membered cyclic amide) rings is 1. The average Bonchev–Trinajstić information content (AvgIpc) is 3.39. The number of carbonyl (C=O) groups excluding carboxylic acids is 4. The van der Waals surface area contributed by atoms with Crippen molar-refractivity contribution in [3.8, 4) is 0 Å². The van der Waals surface area contributed by atoms with Gasteiger partial charge in [-0.05, 0) is 5.56 Å². The number of nitrogens with one attached hydrogen (secondary N) is 3. The SMILES string of the molecule is CC(=O)OCC1=C(C(=O)O)N2C(=O)[C@H](NC(=O)C(NC(=O)c3[nH]cnc3C(=O)O)c3ccccc3)[C@H]2SC1. The summed E-state index contributed by atoms with van der Waals surface area (Å²) in [5.74, 6) is -5.65. The molecule has 0 radical (unpaired) electrons. The number of carboxylic acids is 2. The van der Waals surface area contributed by atoms with Gasteiger partial charge in [0.15, 0.2) is 5.69 Å². The molecule has 1 fully saturated rings. The van der Waals surface area contributed by atoms with Crippen LogP contribution in [-0.4, -0.2) is 84.5 Å². The van der Waals surface area contributed by atoms with E-state index in [1.54, 1.807) is 30.3 Å². The Hall–Kier alpha value is -4.66. The van der Waals surface area contributed by atoms with E-state index in [-0.39, 0.29) is 29.3 Å². The maximum Gasteiger partial charge on any atom is 0.356 e. The highest BCUT2D eigenvalue weighted by Crippen LogP contribution is 2.40. The van der Waals surface area contributed by atoms with Crippen molar-refractivity contribution in [1.82, 2.24) is 25.5 Å². The van der Waals surface area contributed by atoms with E-state index in [0.29, 0.717) is 5.56 Å². The third-order valence-electron chi connectivity index (χ3n) is 5.74.